The molecule has 0 radical (unpaired) electrons. The number of aromatic nitrogens is 5. The monoisotopic (exact) mass is 510 g/mol. The van der Waals surface area contributed by atoms with Gasteiger partial charge in [-0.25, -0.2) is 12.4 Å². The predicted molar refractivity (Wildman–Crippen MR) is 136 cm³/mol. The van der Waals surface area contributed by atoms with Gasteiger partial charge >= 0.3 is 0 Å². The first-order valence-corrected chi connectivity index (χ1v) is 13.4. The van der Waals surface area contributed by atoms with Crippen LogP contribution in [0.4, 0.5) is 11.6 Å². The molecule has 2 N–H and O–H groups in total. The molecule has 0 bridgehead atoms. The topological polar surface area (TPSA) is 124 Å². The lowest BCUT2D eigenvalue weighted by Gasteiger charge is -2.26. The highest BCUT2D eigenvalue weighted by Crippen LogP contribution is 2.40. The van der Waals surface area contributed by atoms with Gasteiger partial charge in [0.2, 0.25) is 11.8 Å². The van der Waals surface area contributed by atoms with Crippen LogP contribution in [0.15, 0.2) is 47.6 Å². The van der Waals surface area contributed by atoms with Crippen molar-refractivity contribution in [2.45, 2.75) is 63.5 Å². The molecule has 0 aliphatic heterocycles. The first-order chi connectivity index (χ1) is 17.1. The number of aryl methyl sites for hydroxylation is 1. The first-order valence-electron chi connectivity index (χ1n) is 12.0. The van der Waals surface area contributed by atoms with Crippen LogP contribution in [0.25, 0.3) is 11.0 Å². The fourth-order valence-corrected chi connectivity index (χ4v) is 6.08. The van der Waals surface area contributed by atoms with E-state index in [2.05, 4.69) is 20.4 Å². The minimum absolute atomic E-state index is 0.118. The molecule has 3 aromatic heterocycles. The van der Waals surface area contributed by atoms with Gasteiger partial charge in [0.1, 0.15) is 0 Å². The minimum atomic E-state index is -3.89. The number of rotatable bonds is 7. The predicted octanol–water partition coefficient (Wildman–Crippen LogP) is 4.10. The van der Waals surface area contributed by atoms with E-state index in [1.165, 1.54) is 6.20 Å². The van der Waals surface area contributed by atoms with E-state index in [1.54, 1.807) is 36.5 Å². The van der Waals surface area contributed by atoms with Gasteiger partial charge in [0.15, 0.2) is 5.65 Å². The first kappa shape index (κ1) is 24.3. The Balaban J connectivity index is 1.56. The largest absolute Gasteiger partial charge is 0.477 e. The molecule has 1 aromatic carbocycles. The number of anilines is 2. The molecule has 1 saturated carbocycles. The molecule has 11 heteroatoms. The lowest BCUT2D eigenvalue weighted by Crippen LogP contribution is -2.32. The molecule has 0 spiro atoms. The zero-order valence-electron chi connectivity index (χ0n) is 20.8. The van der Waals surface area contributed by atoms with Crippen molar-refractivity contribution in [3.8, 4) is 5.88 Å². The van der Waals surface area contributed by atoms with E-state index in [9.17, 15) is 13.5 Å². The van der Waals surface area contributed by atoms with E-state index in [0.29, 0.717) is 17.7 Å². The molecular formula is C25H30N6O4S. The van der Waals surface area contributed by atoms with Crippen molar-refractivity contribution in [2.75, 3.05) is 11.9 Å². The van der Waals surface area contributed by atoms with E-state index >= 15 is 0 Å². The average Bonchev–Trinajstić information content (AvgIpc) is 3.51. The van der Waals surface area contributed by atoms with Crippen molar-refractivity contribution < 1.29 is 18.3 Å². The summed E-state index contributed by atoms with van der Waals surface area (Å²) < 4.78 is 35.6. The van der Waals surface area contributed by atoms with Gasteiger partial charge in [-0.2, -0.15) is 15.1 Å². The van der Waals surface area contributed by atoms with E-state index in [0.717, 1.165) is 34.5 Å². The van der Waals surface area contributed by atoms with Crippen molar-refractivity contribution in [1.29, 1.82) is 0 Å². The molecule has 190 valence electrons. The molecule has 2 atom stereocenters. The molecule has 4 aromatic rings. The Morgan fingerprint density at radius 1 is 1.19 bits per heavy atom. The number of nitrogens with zero attached hydrogens (tertiary/aromatic N) is 5. The quantitative estimate of drug-likeness (QED) is 0.381. The van der Waals surface area contributed by atoms with Crippen LogP contribution in [0.2, 0.25) is 0 Å². The third kappa shape index (κ3) is 4.11. The number of hydrogen-bond acceptors (Lipinski definition) is 8. The summed E-state index contributed by atoms with van der Waals surface area (Å²) in [5, 5.41) is 18.9. The molecule has 5 rings (SSSR count). The number of ether oxygens (including phenoxy) is 1. The van der Waals surface area contributed by atoms with Gasteiger partial charge in [0, 0.05) is 6.20 Å². The van der Waals surface area contributed by atoms with Crippen molar-refractivity contribution in [3.63, 3.8) is 0 Å². The molecule has 1 aliphatic carbocycles. The van der Waals surface area contributed by atoms with Crippen LogP contribution in [-0.4, -0.2) is 49.5 Å². The molecule has 0 saturated heterocycles. The highest BCUT2D eigenvalue weighted by atomic mass is 32.2. The fraction of sp³-hybridized carbons (Fsp3) is 0.400. The third-order valence-corrected chi connectivity index (χ3v) is 8.48. The Bertz CT molecular complexity index is 1520. The van der Waals surface area contributed by atoms with Gasteiger partial charge in [-0.05, 0) is 65.2 Å². The summed E-state index contributed by atoms with van der Waals surface area (Å²) >= 11 is 0. The summed E-state index contributed by atoms with van der Waals surface area (Å²) in [5.41, 5.74) is 1.84. The summed E-state index contributed by atoms with van der Waals surface area (Å²) in [7, 11) is -3.89. The zero-order chi connectivity index (χ0) is 25.7. The summed E-state index contributed by atoms with van der Waals surface area (Å²) in [6.07, 6.45) is 5.63. The molecule has 3 heterocycles. The fourth-order valence-electron chi connectivity index (χ4n) is 4.78. The molecule has 36 heavy (non-hydrogen) atoms. The lowest BCUT2D eigenvalue weighted by atomic mass is 10.0. The van der Waals surface area contributed by atoms with Gasteiger partial charge in [-0.15, -0.1) is 0 Å². The van der Waals surface area contributed by atoms with Crippen molar-refractivity contribution >= 4 is 32.7 Å². The normalized spacial score (nSPS) is 20.2. The van der Waals surface area contributed by atoms with Crippen LogP contribution >= 0.6 is 0 Å². The molecule has 10 nitrogen and oxygen atoms in total. The maximum Gasteiger partial charge on any atom is 0.269 e. The Kier molecular flexibility index (Phi) is 6.00. The van der Waals surface area contributed by atoms with Crippen LogP contribution in [0.5, 0.6) is 5.88 Å². The standard InChI is InChI=1S/C25H30N6O4S/c1-5-35-23-19-12-14-30(36(33,34)18-10-8-16(2)9-11-18)22(19)28-24(29-23)27-20-15-26-31(17(20)3)21-7-6-13-25(21,4)32/h8-12,14-15,21,32H,5-7,13H2,1-4H3,(H,27,28,29). The zero-order valence-corrected chi connectivity index (χ0v) is 21.6. The second-order valence-corrected chi connectivity index (χ2v) is 11.2. The average molecular weight is 511 g/mol. The third-order valence-electron chi connectivity index (χ3n) is 6.80. The number of benzene rings is 1. The summed E-state index contributed by atoms with van der Waals surface area (Å²) in [6, 6.07) is 8.20. The number of fused-ring (bicyclic) bond motifs is 1. The van der Waals surface area contributed by atoms with Crippen LogP contribution in [-0.2, 0) is 10.0 Å². The van der Waals surface area contributed by atoms with E-state index < -0.39 is 15.6 Å². The smallest absolute Gasteiger partial charge is 0.269 e. The highest BCUT2D eigenvalue weighted by molar-refractivity contribution is 7.90. The van der Waals surface area contributed by atoms with Gasteiger partial charge in [-0.1, -0.05) is 17.7 Å². The van der Waals surface area contributed by atoms with Crippen LogP contribution in [0.3, 0.4) is 0 Å². The lowest BCUT2D eigenvalue weighted by molar-refractivity contribution is 0.0214. The minimum Gasteiger partial charge on any atom is -0.477 e. The second kappa shape index (κ2) is 8.90. The maximum atomic E-state index is 13.4. The highest BCUT2D eigenvalue weighted by Gasteiger charge is 2.39. The maximum absolute atomic E-state index is 13.4. The van der Waals surface area contributed by atoms with Gasteiger partial charge in [-0.3, -0.25) is 4.68 Å². The Morgan fingerprint density at radius 2 is 1.94 bits per heavy atom. The molecular weight excluding hydrogens is 480 g/mol. The summed E-state index contributed by atoms with van der Waals surface area (Å²) in [4.78, 5) is 9.22. The summed E-state index contributed by atoms with van der Waals surface area (Å²) in [6.45, 7) is 7.85. The summed E-state index contributed by atoms with van der Waals surface area (Å²) in [5.74, 6) is 0.470. The molecule has 0 amide bonds. The van der Waals surface area contributed by atoms with Crippen LogP contribution in [0.1, 0.15) is 50.4 Å². The molecule has 2 unspecified atom stereocenters. The molecule has 1 fully saturated rings. The Morgan fingerprint density at radius 3 is 2.61 bits per heavy atom. The molecule has 1 aliphatic rings. The van der Waals surface area contributed by atoms with E-state index in [1.807, 2.05) is 32.4 Å². The van der Waals surface area contributed by atoms with Gasteiger partial charge < -0.3 is 15.2 Å². The van der Waals surface area contributed by atoms with Crippen LogP contribution in [0, 0.1) is 13.8 Å². The van der Waals surface area contributed by atoms with E-state index in [4.69, 9.17) is 4.74 Å². The number of nitrogens with one attached hydrogen (secondary N) is 1. The van der Waals surface area contributed by atoms with Gasteiger partial charge in [0.05, 0.1) is 46.1 Å². The second-order valence-electron chi connectivity index (χ2n) is 9.43. The van der Waals surface area contributed by atoms with Crippen LogP contribution < -0.4 is 10.1 Å². The Hall–Kier alpha value is -3.44. The van der Waals surface area contributed by atoms with E-state index in [-0.39, 0.29) is 28.4 Å². The SMILES string of the molecule is CCOc1nc(Nc2cnn(C3CCCC3(C)O)c2C)nc2c1ccn2S(=O)(=O)c1ccc(C)cc1. The van der Waals surface area contributed by atoms with Crippen molar-refractivity contribution in [1.82, 2.24) is 23.7 Å². The number of aliphatic hydroxyl groups is 1. The van der Waals surface area contributed by atoms with Crippen molar-refractivity contribution in [2.24, 2.45) is 0 Å². The number of hydrogen-bond donors (Lipinski definition) is 2. The van der Waals surface area contributed by atoms with Crippen molar-refractivity contribution in [3.05, 3.63) is 54.0 Å². The Labute approximate surface area is 210 Å². The van der Waals surface area contributed by atoms with Gasteiger partial charge in [0.25, 0.3) is 10.0 Å².